The molecule has 0 amide bonds. The van der Waals surface area contributed by atoms with Crippen LogP contribution in [0, 0.1) is 5.92 Å². The van der Waals surface area contributed by atoms with Gasteiger partial charge in [0.2, 0.25) is 0 Å². The highest BCUT2D eigenvalue weighted by molar-refractivity contribution is 7.14. The molecule has 102 valence electrons. The Morgan fingerprint density at radius 3 is 2.94 bits per heavy atom. The number of hydrogen-bond donors (Lipinski definition) is 1. The van der Waals surface area contributed by atoms with Crippen LogP contribution in [0.4, 0.5) is 0 Å². The molecule has 4 heteroatoms. The lowest BCUT2D eigenvalue weighted by Crippen LogP contribution is -2.47. The Bertz CT molecular complexity index is 380. The molecule has 1 aromatic rings. The van der Waals surface area contributed by atoms with Crippen LogP contribution in [0.25, 0.3) is 0 Å². The standard InChI is InChI=1S/C14H23ClN2S/c1-3-11-4-5-17(13(6-11)8-16)10(2)12-7-14(15)18-9-12/h7,9-11,13H,3-6,8,16H2,1-2H3. The van der Waals surface area contributed by atoms with Crippen molar-refractivity contribution in [2.75, 3.05) is 13.1 Å². The van der Waals surface area contributed by atoms with E-state index in [1.807, 2.05) is 0 Å². The van der Waals surface area contributed by atoms with E-state index < -0.39 is 0 Å². The fourth-order valence-electron chi connectivity index (χ4n) is 3.00. The van der Waals surface area contributed by atoms with Gasteiger partial charge >= 0.3 is 0 Å². The molecule has 0 radical (unpaired) electrons. The van der Waals surface area contributed by atoms with Gasteiger partial charge in [-0.1, -0.05) is 24.9 Å². The van der Waals surface area contributed by atoms with Gasteiger partial charge in [0.15, 0.2) is 0 Å². The molecular weight excluding hydrogens is 264 g/mol. The molecule has 1 fully saturated rings. The van der Waals surface area contributed by atoms with Crippen LogP contribution in [0.2, 0.25) is 4.34 Å². The van der Waals surface area contributed by atoms with Crippen LogP contribution < -0.4 is 5.73 Å². The molecule has 2 N–H and O–H groups in total. The zero-order chi connectivity index (χ0) is 13.1. The van der Waals surface area contributed by atoms with Crippen LogP contribution >= 0.6 is 22.9 Å². The van der Waals surface area contributed by atoms with E-state index in [1.54, 1.807) is 11.3 Å². The number of hydrogen-bond acceptors (Lipinski definition) is 3. The third-order valence-corrected chi connectivity index (χ3v) is 5.40. The first-order valence-electron chi connectivity index (χ1n) is 6.85. The van der Waals surface area contributed by atoms with Crippen molar-refractivity contribution >= 4 is 22.9 Å². The van der Waals surface area contributed by atoms with E-state index in [2.05, 4.69) is 30.2 Å². The second-order valence-corrected chi connectivity index (χ2v) is 6.83. The highest BCUT2D eigenvalue weighted by atomic mass is 35.5. The van der Waals surface area contributed by atoms with Gasteiger partial charge < -0.3 is 5.73 Å². The summed E-state index contributed by atoms with van der Waals surface area (Å²) in [6.45, 7) is 6.48. The van der Waals surface area contributed by atoms with Crippen molar-refractivity contribution in [3.63, 3.8) is 0 Å². The van der Waals surface area contributed by atoms with Crippen molar-refractivity contribution in [2.45, 2.75) is 45.2 Å². The molecule has 0 saturated carbocycles. The first-order valence-corrected chi connectivity index (χ1v) is 8.11. The summed E-state index contributed by atoms with van der Waals surface area (Å²) < 4.78 is 0.879. The second kappa shape index (κ2) is 6.38. The van der Waals surface area contributed by atoms with Gasteiger partial charge in [-0.15, -0.1) is 11.3 Å². The van der Waals surface area contributed by atoms with Gasteiger partial charge in [0.25, 0.3) is 0 Å². The molecule has 2 rings (SSSR count). The molecule has 18 heavy (non-hydrogen) atoms. The summed E-state index contributed by atoms with van der Waals surface area (Å²) in [6.07, 6.45) is 3.83. The Morgan fingerprint density at radius 2 is 2.39 bits per heavy atom. The van der Waals surface area contributed by atoms with Crippen LogP contribution in [0.3, 0.4) is 0 Å². The molecule has 1 aliphatic rings. The summed E-state index contributed by atoms with van der Waals surface area (Å²) in [6, 6.07) is 3.05. The summed E-state index contributed by atoms with van der Waals surface area (Å²) >= 11 is 7.65. The lowest BCUT2D eigenvalue weighted by molar-refractivity contribution is 0.0774. The number of thiophene rings is 1. The number of likely N-dealkylation sites (tertiary alicyclic amines) is 1. The number of nitrogens with two attached hydrogens (primary N) is 1. The van der Waals surface area contributed by atoms with Gasteiger partial charge in [-0.25, -0.2) is 0 Å². The van der Waals surface area contributed by atoms with Crippen LogP contribution in [-0.2, 0) is 0 Å². The van der Waals surface area contributed by atoms with E-state index in [-0.39, 0.29) is 0 Å². The van der Waals surface area contributed by atoms with E-state index in [9.17, 15) is 0 Å². The molecule has 1 saturated heterocycles. The fourth-order valence-corrected chi connectivity index (χ4v) is 3.98. The fraction of sp³-hybridized carbons (Fsp3) is 0.714. The Balaban J connectivity index is 2.07. The molecule has 3 unspecified atom stereocenters. The van der Waals surface area contributed by atoms with E-state index in [0.29, 0.717) is 12.1 Å². The van der Waals surface area contributed by atoms with Gasteiger partial charge in [0.05, 0.1) is 4.34 Å². The van der Waals surface area contributed by atoms with Crippen LogP contribution in [0.15, 0.2) is 11.4 Å². The summed E-state index contributed by atoms with van der Waals surface area (Å²) in [4.78, 5) is 2.56. The highest BCUT2D eigenvalue weighted by Crippen LogP contribution is 2.34. The van der Waals surface area contributed by atoms with Crippen molar-refractivity contribution in [1.82, 2.24) is 4.90 Å². The van der Waals surface area contributed by atoms with E-state index in [1.165, 1.54) is 24.8 Å². The Hall–Kier alpha value is -0.0900. The number of halogens is 1. The van der Waals surface area contributed by atoms with Crippen LogP contribution in [0.1, 0.15) is 44.7 Å². The third-order valence-electron chi connectivity index (χ3n) is 4.29. The summed E-state index contributed by atoms with van der Waals surface area (Å²) in [5, 5.41) is 2.17. The smallest absolute Gasteiger partial charge is 0.0931 e. The quantitative estimate of drug-likeness (QED) is 0.909. The highest BCUT2D eigenvalue weighted by Gasteiger charge is 2.30. The van der Waals surface area contributed by atoms with E-state index >= 15 is 0 Å². The van der Waals surface area contributed by atoms with Gasteiger partial charge in [-0.3, -0.25) is 4.90 Å². The molecule has 1 aliphatic heterocycles. The topological polar surface area (TPSA) is 29.3 Å². The lowest BCUT2D eigenvalue weighted by atomic mass is 9.87. The maximum Gasteiger partial charge on any atom is 0.0931 e. The van der Waals surface area contributed by atoms with Crippen molar-refractivity contribution in [1.29, 1.82) is 0 Å². The van der Waals surface area contributed by atoms with Crippen molar-refractivity contribution in [2.24, 2.45) is 11.7 Å². The van der Waals surface area contributed by atoms with Crippen molar-refractivity contribution in [3.05, 3.63) is 21.3 Å². The molecule has 0 aliphatic carbocycles. The monoisotopic (exact) mass is 286 g/mol. The molecule has 2 nitrogen and oxygen atoms in total. The van der Waals surface area contributed by atoms with Gasteiger partial charge in [-0.2, -0.15) is 0 Å². The molecule has 0 bridgehead atoms. The Labute approximate surface area is 119 Å². The summed E-state index contributed by atoms with van der Waals surface area (Å²) in [5.41, 5.74) is 7.30. The SMILES string of the molecule is CCC1CCN(C(C)c2csc(Cl)c2)C(CN)C1. The molecule has 0 spiro atoms. The minimum absolute atomic E-state index is 0.431. The third kappa shape index (κ3) is 3.08. The van der Waals surface area contributed by atoms with Crippen LogP contribution in [-0.4, -0.2) is 24.0 Å². The maximum atomic E-state index is 6.03. The van der Waals surface area contributed by atoms with Crippen molar-refractivity contribution < 1.29 is 0 Å². The zero-order valence-electron chi connectivity index (χ0n) is 11.2. The average molecular weight is 287 g/mol. The van der Waals surface area contributed by atoms with Gasteiger partial charge in [-0.05, 0) is 49.2 Å². The molecule has 3 atom stereocenters. The number of nitrogens with zero attached hydrogens (tertiary/aromatic N) is 1. The zero-order valence-corrected chi connectivity index (χ0v) is 12.8. The predicted molar refractivity (Wildman–Crippen MR) is 80.3 cm³/mol. The second-order valence-electron chi connectivity index (χ2n) is 5.29. The lowest BCUT2D eigenvalue weighted by Gasteiger charge is -2.42. The average Bonchev–Trinajstić information content (AvgIpc) is 2.83. The number of rotatable bonds is 4. The van der Waals surface area contributed by atoms with Gasteiger partial charge in [0, 0.05) is 18.6 Å². The Morgan fingerprint density at radius 1 is 1.61 bits per heavy atom. The van der Waals surface area contributed by atoms with Crippen LogP contribution in [0.5, 0.6) is 0 Å². The Kier molecular flexibility index (Phi) is 5.07. The maximum absolute atomic E-state index is 6.03. The van der Waals surface area contributed by atoms with Gasteiger partial charge in [0.1, 0.15) is 0 Å². The largest absolute Gasteiger partial charge is 0.329 e. The first-order chi connectivity index (χ1) is 8.65. The molecule has 2 heterocycles. The normalized spacial score (nSPS) is 27.3. The first kappa shape index (κ1) is 14.3. The minimum atomic E-state index is 0.431. The predicted octanol–water partition coefficient (Wildman–Crippen LogP) is 3.91. The summed E-state index contributed by atoms with van der Waals surface area (Å²) in [7, 11) is 0. The van der Waals surface area contributed by atoms with Crippen molar-refractivity contribution in [3.8, 4) is 0 Å². The summed E-state index contributed by atoms with van der Waals surface area (Å²) in [5.74, 6) is 0.855. The van der Waals surface area contributed by atoms with E-state index in [4.69, 9.17) is 17.3 Å². The number of piperidine rings is 1. The van der Waals surface area contributed by atoms with E-state index in [0.717, 1.165) is 23.3 Å². The molecule has 1 aromatic heterocycles. The molecular formula is C14H23ClN2S. The molecule has 0 aromatic carbocycles. The minimum Gasteiger partial charge on any atom is -0.329 e.